The van der Waals surface area contributed by atoms with E-state index in [1.54, 1.807) is 13.0 Å². The van der Waals surface area contributed by atoms with Crippen LogP contribution < -0.4 is 16.4 Å². The quantitative estimate of drug-likeness (QED) is 0.465. The Morgan fingerprint density at radius 3 is 2.73 bits per heavy atom. The molecule has 3 N–H and O–H groups in total. The second-order valence-electron chi connectivity index (χ2n) is 5.40. The van der Waals surface area contributed by atoms with Gasteiger partial charge in [0.05, 0.1) is 24.5 Å². The highest BCUT2D eigenvalue weighted by molar-refractivity contribution is 9.10. The molecule has 1 aromatic heterocycles. The van der Waals surface area contributed by atoms with Crippen LogP contribution in [-0.4, -0.2) is 28.8 Å². The maximum absolute atomic E-state index is 14.2. The molecule has 140 valence electrons. The second kappa shape index (κ2) is 8.93. The van der Waals surface area contributed by atoms with E-state index < -0.39 is 11.7 Å². The number of pyridine rings is 1. The third-order valence-electron chi connectivity index (χ3n) is 3.66. The molecule has 2 rings (SSSR count). The van der Waals surface area contributed by atoms with Gasteiger partial charge >= 0.3 is 0 Å². The third-order valence-corrected chi connectivity index (χ3v) is 4.15. The van der Waals surface area contributed by atoms with Crippen LogP contribution in [0.1, 0.15) is 22.8 Å². The van der Waals surface area contributed by atoms with Gasteiger partial charge in [0.2, 0.25) is 0 Å². The van der Waals surface area contributed by atoms with Crippen LogP contribution in [0.5, 0.6) is 0 Å². The number of nitrogens with zero attached hydrogens (tertiary/aromatic N) is 1. The maximum Gasteiger partial charge on any atom is 0.278 e. The molecule has 0 aliphatic heterocycles. The van der Waals surface area contributed by atoms with E-state index in [9.17, 15) is 14.0 Å². The molecule has 1 heterocycles. The molecule has 0 unspecified atom stereocenters. The highest BCUT2D eigenvalue weighted by atomic mass is 79.9. The van der Waals surface area contributed by atoms with E-state index in [-0.39, 0.29) is 35.8 Å². The topological polar surface area (TPSA) is 92.6 Å². The van der Waals surface area contributed by atoms with Crippen molar-refractivity contribution in [3.63, 3.8) is 0 Å². The minimum Gasteiger partial charge on any atom is -0.394 e. The Morgan fingerprint density at radius 1 is 1.38 bits per heavy atom. The number of carbonyl (C=O) groups is 1. The Labute approximate surface area is 157 Å². The van der Waals surface area contributed by atoms with Gasteiger partial charge in [0, 0.05) is 17.1 Å². The Hall–Kier alpha value is -2.23. The number of hydroxylamine groups is 1. The lowest BCUT2D eigenvalue weighted by atomic mass is 10.1. The van der Waals surface area contributed by atoms with Gasteiger partial charge in [-0.3, -0.25) is 19.0 Å². The zero-order valence-corrected chi connectivity index (χ0v) is 15.9. The number of halogens is 2. The fourth-order valence-electron chi connectivity index (χ4n) is 2.32. The largest absolute Gasteiger partial charge is 0.394 e. The van der Waals surface area contributed by atoms with Crippen LogP contribution >= 0.6 is 15.9 Å². The van der Waals surface area contributed by atoms with Gasteiger partial charge in [-0.2, -0.15) is 0 Å². The van der Waals surface area contributed by atoms with Gasteiger partial charge in [-0.25, -0.2) is 9.87 Å². The van der Waals surface area contributed by atoms with Crippen LogP contribution in [0.15, 0.2) is 33.5 Å². The molecule has 9 heteroatoms. The number of aromatic nitrogens is 1. The highest BCUT2D eigenvalue weighted by Crippen LogP contribution is 2.25. The van der Waals surface area contributed by atoms with Crippen LogP contribution in [0.4, 0.5) is 15.9 Å². The molecule has 0 radical (unpaired) electrons. The predicted molar refractivity (Wildman–Crippen MR) is 98.9 cm³/mol. The van der Waals surface area contributed by atoms with Crippen molar-refractivity contribution in [3.8, 4) is 0 Å². The third kappa shape index (κ3) is 4.48. The van der Waals surface area contributed by atoms with Crippen LogP contribution in [0, 0.1) is 5.82 Å². The van der Waals surface area contributed by atoms with E-state index in [2.05, 4.69) is 26.7 Å². The highest BCUT2D eigenvalue weighted by Gasteiger charge is 2.19. The molecule has 0 aliphatic carbocycles. The average Bonchev–Trinajstić information content (AvgIpc) is 2.61. The number of carbonyl (C=O) groups excluding carboxylic acids is 1. The summed E-state index contributed by atoms with van der Waals surface area (Å²) in [7, 11) is 1.49. The van der Waals surface area contributed by atoms with Gasteiger partial charge in [0.1, 0.15) is 11.6 Å². The van der Waals surface area contributed by atoms with E-state index in [4.69, 9.17) is 9.94 Å². The normalized spacial score (nSPS) is 10.7. The molecule has 7 nitrogen and oxygen atoms in total. The molecule has 2 aromatic rings. The first-order chi connectivity index (χ1) is 12.4. The van der Waals surface area contributed by atoms with Crippen molar-refractivity contribution in [1.29, 1.82) is 0 Å². The fraction of sp³-hybridized carbons (Fsp3) is 0.294. The molecular formula is C17H19BrFN3O4. The number of amides is 1. The van der Waals surface area contributed by atoms with Gasteiger partial charge in [-0.1, -0.05) is 22.9 Å². The zero-order chi connectivity index (χ0) is 19.3. The number of aryl methyl sites for hydroxylation is 1. The number of benzene rings is 1. The summed E-state index contributed by atoms with van der Waals surface area (Å²) in [5.41, 5.74) is 2.56. The summed E-state index contributed by atoms with van der Waals surface area (Å²) in [6, 6.07) is 5.83. The monoisotopic (exact) mass is 427 g/mol. The Kier molecular flexibility index (Phi) is 6.90. The number of rotatable bonds is 7. The average molecular weight is 428 g/mol. The first kappa shape index (κ1) is 20.1. The summed E-state index contributed by atoms with van der Waals surface area (Å²) in [5.74, 6) is -1.04. The molecule has 0 fully saturated rings. The Balaban J connectivity index is 2.49. The molecule has 0 bridgehead atoms. The van der Waals surface area contributed by atoms with Crippen molar-refractivity contribution in [3.05, 3.63) is 56.0 Å². The minimum atomic E-state index is -0.622. The summed E-state index contributed by atoms with van der Waals surface area (Å²) in [5, 5.41) is 11.5. The maximum atomic E-state index is 14.2. The summed E-state index contributed by atoms with van der Waals surface area (Å²) in [6.07, 6.45) is 0.428. The predicted octanol–water partition coefficient (Wildman–Crippen LogP) is 2.25. The standard InChI is InChI=1S/C17H19BrFN3O4/c1-3-10-8-12(16(24)21-26-7-6-23)15(22(2)17(10)25)20-14-5-4-11(18)9-13(14)19/h4-5,8-9,20,23H,3,6-7H2,1-2H3,(H,21,24). The van der Waals surface area contributed by atoms with Crippen LogP contribution in [0.25, 0.3) is 0 Å². The van der Waals surface area contributed by atoms with E-state index >= 15 is 0 Å². The van der Waals surface area contributed by atoms with Crippen LogP contribution in [0.2, 0.25) is 0 Å². The lowest BCUT2D eigenvalue weighted by Crippen LogP contribution is -2.31. The van der Waals surface area contributed by atoms with Gasteiger partial charge in [-0.05, 0) is 30.7 Å². The first-order valence-corrected chi connectivity index (χ1v) is 8.66. The SMILES string of the molecule is CCc1cc(C(=O)NOCCO)c(Nc2ccc(Br)cc2F)n(C)c1=O. The molecule has 0 spiro atoms. The van der Waals surface area contributed by atoms with Gasteiger partial charge in [0.25, 0.3) is 11.5 Å². The van der Waals surface area contributed by atoms with Crippen molar-refractivity contribution in [2.24, 2.45) is 7.05 Å². The lowest BCUT2D eigenvalue weighted by Gasteiger charge is -2.17. The number of hydrogen-bond acceptors (Lipinski definition) is 5. The number of nitrogens with one attached hydrogen (secondary N) is 2. The van der Waals surface area contributed by atoms with Gasteiger partial charge in [0.15, 0.2) is 0 Å². The number of aliphatic hydroxyl groups excluding tert-OH is 1. The summed E-state index contributed by atoms with van der Waals surface area (Å²) < 4.78 is 16.0. The molecule has 0 saturated carbocycles. The van der Waals surface area contributed by atoms with Crippen molar-refractivity contribution < 1.29 is 19.1 Å². The fourth-order valence-corrected chi connectivity index (χ4v) is 2.65. The number of hydrogen-bond donors (Lipinski definition) is 3. The van der Waals surface area contributed by atoms with Gasteiger partial charge < -0.3 is 10.4 Å². The zero-order valence-electron chi connectivity index (χ0n) is 14.3. The molecule has 1 amide bonds. The van der Waals surface area contributed by atoms with Crippen molar-refractivity contribution in [2.45, 2.75) is 13.3 Å². The van der Waals surface area contributed by atoms with E-state index in [1.165, 1.54) is 29.8 Å². The van der Waals surface area contributed by atoms with E-state index in [0.717, 1.165) is 0 Å². The number of aliphatic hydroxyl groups is 1. The number of anilines is 2. The first-order valence-electron chi connectivity index (χ1n) is 7.87. The molecule has 26 heavy (non-hydrogen) atoms. The van der Waals surface area contributed by atoms with Gasteiger partial charge in [-0.15, -0.1) is 0 Å². The molecule has 0 saturated heterocycles. The van der Waals surface area contributed by atoms with Crippen molar-refractivity contribution in [2.75, 3.05) is 18.5 Å². The van der Waals surface area contributed by atoms with Crippen molar-refractivity contribution in [1.82, 2.24) is 10.0 Å². The smallest absolute Gasteiger partial charge is 0.278 e. The van der Waals surface area contributed by atoms with E-state index in [1.807, 2.05) is 0 Å². The molecule has 0 aliphatic rings. The Bertz CT molecular complexity index is 870. The lowest BCUT2D eigenvalue weighted by molar-refractivity contribution is 0.0168. The van der Waals surface area contributed by atoms with Crippen molar-refractivity contribution >= 4 is 33.3 Å². The molecular weight excluding hydrogens is 409 g/mol. The van der Waals surface area contributed by atoms with Crippen LogP contribution in [0.3, 0.4) is 0 Å². The Morgan fingerprint density at radius 2 is 2.12 bits per heavy atom. The second-order valence-corrected chi connectivity index (χ2v) is 6.32. The molecule has 0 atom stereocenters. The summed E-state index contributed by atoms with van der Waals surface area (Å²) in [6.45, 7) is 1.45. The summed E-state index contributed by atoms with van der Waals surface area (Å²) >= 11 is 3.18. The van der Waals surface area contributed by atoms with E-state index in [0.29, 0.717) is 16.5 Å². The van der Waals surface area contributed by atoms with Crippen LogP contribution in [-0.2, 0) is 18.3 Å². The molecule has 1 aromatic carbocycles. The summed E-state index contributed by atoms with van der Waals surface area (Å²) in [4.78, 5) is 29.7. The minimum absolute atomic E-state index is 0.0811.